The Bertz CT molecular complexity index is 1070. The standard InChI is InChI=1S/C25H30N4S/c1-6-13-28-24(23(27-25(28)30)21-9-7-8-12-26-21)20-15-18(4)29(19(20)5)22-14-16(2)10-11-17(22)3/h7-12,14-15,23-24H,6,13H2,1-5H3,(H,27,30)/t23-,24+/m0/s1. The summed E-state index contributed by atoms with van der Waals surface area (Å²) in [5.74, 6) is 0. The molecular weight excluding hydrogens is 388 g/mol. The van der Waals surface area contributed by atoms with Crippen molar-refractivity contribution in [3.63, 3.8) is 0 Å². The first kappa shape index (κ1) is 20.6. The van der Waals surface area contributed by atoms with Crippen LogP contribution in [0.5, 0.6) is 0 Å². The molecule has 4 rings (SSSR count). The fourth-order valence-corrected chi connectivity index (χ4v) is 4.98. The second-order valence-electron chi connectivity index (χ2n) is 8.27. The third kappa shape index (κ3) is 3.52. The average Bonchev–Trinajstić information content (AvgIpc) is 3.21. The third-order valence-electron chi connectivity index (χ3n) is 6.06. The van der Waals surface area contributed by atoms with E-state index >= 15 is 0 Å². The molecule has 0 unspecified atom stereocenters. The van der Waals surface area contributed by atoms with E-state index in [-0.39, 0.29) is 12.1 Å². The summed E-state index contributed by atoms with van der Waals surface area (Å²) in [5, 5.41) is 4.37. The van der Waals surface area contributed by atoms with Crippen molar-refractivity contribution in [3.05, 3.63) is 82.4 Å². The molecule has 156 valence electrons. The highest BCUT2D eigenvalue weighted by atomic mass is 32.1. The molecule has 0 bridgehead atoms. The van der Waals surface area contributed by atoms with Crippen molar-refractivity contribution in [2.45, 2.75) is 53.1 Å². The molecule has 0 saturated carbocycles. The van der Waals surface area contributed by atoms with E-state index in [1.165, 1.54) is 33.8 Å². The summed E-state index contributed by atoms with van der Waals surface area (Å²) in [7, 11) is 0. The van der Waals surface area contributed by atoms with Gasteiger partial charge in [-0.1, -0.05) is 25.1 Å². The lowest BCUT2D eigenvalue weighted by Crippen LogP contribution is -2.30. The smallest absolute Gasteiger partial charge is 0.170 e. The molecule has 30 heavy (non-hydrogen) atoms. The van der Waals surface area contributed by atoms with Gasteiger partial charge in [-0.25, -0.2) is 0 Å². The SMILES string of the molecule is CCCN1C(=S)N[C@@H](c2ccccn2)[C@H]1c1cc(C)n(-c2cc(C)ccc2C)c1C. The summed E-state index contributed by atoms with van der Waals surface area (Å²) >= 11 is 5.75. The molecule has 3 aromatic rings. The van der Waals surface area contributed by atoms with Crippen LogP contribution in [0.1, 0.15) is 59.2 Å². The zero-order valence-electron chi connectivity index (χ0n) is 18.4. The van der Waals surface area contributed by atoms with Crippen LogP contribution in [0.25, 0.3) is 5.69 Å². The Labute approximate surface area is 184 Å². The van der Waals surface area contributed by atoms with E-state index in [1.54, 1.807) is 0 Å². The molecule has 4 nitrogen and oxygen atoms in total. The van der Waals surface area contributed by atoms with E-state index in [9.17, 15) is 0 Å². The van der Waals surface area contributed by atoms with Crippen molar-refractivity contribution < 1.29 is 0 Å². The maximum absolute atomic E-state index is 5.75. The van der Waals surface area contributed by atoms with Crippen LogP contribution in [-0.2, 0) is 0 Å². The van der Waals surface area contributed by atoms with Gasteiger partial charge in [0.1, 0.15) is 0 Å². The molecule has 2 atom stereocenters. The molecule has 1 aliphatic rings. The quantitative estimate of drug-likeness (QED) is 0.556. The van der Waals surface area contributed by atoms with Gasteiger partial charge < -0.3 is 14.8 Å². The first-order chi connectivity index (χ1) is 14.4. The Morgan fingerprint density at radius 3 is 2.57 bits per heavy atom. The molecule has 1 aromatic carbocycles. The predicted molar refractivity (Wildman–Crippen MR) is 127 cm³/mol. The van der Waals surface area contributed by atoms with Crippen LogP contribution < -0.4 is 5.32 Å². The first-order valence-corrected chi connectivity index (χ1v) is 11.1. The second kappa shape index (κ2) is 8.23. The van der Waals surface area contributed by atoms with Gasteiger partial charge in [-0.3, -0.25) is 4.98 Å². The maximum Gasteiger partial charge on any atom is 0.170 e. The maximum atomic E-state index is 5.75. The van der Waals surface area contributed by atoms with Gasteiger partial charge in [0, 0.05) is 29.8 Å². The largest absolute Gasteiger partial charge is 0.352 e. The van der Waals surface area contributed by atoms with Gasteiger partial charge in [0.25, 0.3) is 0 Å². The Morgan fingerprint density at radius 1 is 1.07 bits per heavy atom. The van der Waals surface area contributed by atoms with Gasteiger partial charge in [-0.05, 0) is 87.3 Å². The normalized spacial score (nSPS) is 18.7. The van der Waals surface area contributed by atoms with Gasteiger partial charge >= 0.3 is 0 Å². The highest BCUT2D eigenvalue weighted by Crippen LogP contribution is 2.41. The Morgan fingerprint density at radius 2 is 1.87 bits per heavy atom. The van der Waals surface area contributed by atoms with E-state index in [0.29, 0.717) is 0 Å². The van der Waals surface area contributed by atoms with Crippen LogP contribution in [-0.4, -0.2) is 26.1 Å². The summed E-state index contributed by atoms with van der Waals surface area (Å²) in [6.07, 6.45) is 2.90. The molecule has 1 saturated heterocycles. The van der Waals surface area contributed by atoms with Crippen molar-refractivity contribution in [3.8, 4) is 5.69 Å². The molecule has 5 heteroatoms. The zero-order chi connectivity index (χ0) is 21.4. The number of aromatic nitrogens is 2. The number of hydrogen-bond donors (Lipinski definition) is 1. The van der Waals surface area contributed by atoms with Gasteiger partial charge in [0.15, 0.2) is 5.11 Å². The average molecular weight is 419 g/mol. The molecule has 1 aliphatic heterocycles. The molecule has 3 heterocycles. The van der Waals surface area contributed by atoms with Gasteiger partial charge in [0.05, 0.1) is 17.8 Å². The molecule has 2 aromatic heterocycles. The van der Waals surface area contributed by atoms with Crippen LogP contribution in [0.3, 0.4) is 0 Å². The number of aryl methyl sites for hydroxylation is 3. The van der Waals surface area contributed by atoms with Gasteiger partial charge in [-0.2, -0.15) is 0 Å². The Kier molecular flexibility index (Phi) is 5.65. The van der Waals surface area contributed by atoms with Gasteiger partial charge in [-0.15, -0.1) is 0 Å². The summed E-state index contributed by atoms with van der Waals surface area (Å²) in [6.45, 7) is 11.9. The van der Waals surface area contributed by atoms with Crippen LogP contribution in [0.2, 0.25) is 0 Å². The number of thiocarbonyl (C=S) groups is 1. The minimum atomic E-state index is 0.0396. The molecule has 0 spiro atoms. The van der Waals surface area contributed by atoms with Crippen molar-refractivity contribution in [2.75, 3.05) is 6.54 Å². The monoisotopic (exact) mass is 418 g/mol. The fourth-order valence-electron chi connectivity index (χ4n) is 4.64. The predicted octanol–water partition coefficient (Wildman–Crippen LogP) is 5.49. The van der Waals surface area contributed by atoms with E-state index < -0.39 is 0 Å². The van der Waals surface area contributed by atoms with E-state index in [0.717, 1.165) is 23.8 Å². The second-order valence-corrected chi connectivity index (χ2v) is 8.66. The Hall–Kier alpha value is -2.66. The summed E-state index contributed by atoms with van der Waals surface area (Å²) in [5.41, 5.74) is 8.64. The zero-order valence-corrected chi connectivity index (χ0v) is 19.3. The molecule has 1 N–H and O–H groups in total. The number of pyridine rings is 1. The number of hydrogen-bond acceptors (Lipinski definition) is 2. The first-order valence-electron chi connectivity index (χ1n) is 10.7. The molecule has 0 amide bonds. The number of nitrogens with one attached hydrogen (secondary N) is 1. The van der Waals surface area contributed by atoms with Crippen LogP contribution >= 0.6 is 12.2 Å². The number of rotatable bonds is 5. The molecule has 0 aliphatic carbocycles. The molecule has 1 fully saturated rings. The lowest BCUT2D eigenvalue weighted by Gasteiger charge is -2.28. The van der Waals surface area contributed by atoms with E-state index in [2.05, 4.69) is 84.7 Å². The lowest BCUT2D eigenvalue weighted by atomic mass is 9.96. The minimum absolute atomic E-state index is 0.0396. The lowest BCUT2D eigenvalue weighted by molar-refractivity contribution is 0.316. The fraction of sp³-hybridized carbons (Fsp3) is 0.360. The third-order valence-corrected chi connectivity index (χ3v) is 6.41. The van der Waals surface area contributed by atoms with E-state index in [4.69, 9.17) is 12.2 Å². The Balaban J connectivity index is 1.86. The molecular formula is C25H30N4S. The number of benzene rings is 1. The van der Waals surface area contributed by atoms with Crippen molar-refractivity contribution >= 4 is 17.3 Å². The van der Waals surface area contributed by atoms with Gasteiger partial charge in [0.2, 0.25) is 0 Å². The summed E-state index contributed by atoms with van der Waals surface area (Å²) in [6, 6.07) is 15.2. The molecule has 0 radical (unpaired) electrons. The van der Waals surface area contributed by atoms with Crippen molar-refractivity contribution in [1.82, 2.24) is 19.8 Å². The van der Waals surface area contributed by atoms with Crippen molar-refractivity contribution in [1.29, 1.82) is 0 Å². The van der Waals surface area contributed by atoms with Crippen LogP contribution in [0.15, 0.2) is 48.7 Å². The number of nitrogens with zero attached hydrogens (tertiary/aromatic N) is 3. The summed E-state index contributed by atoms with van der Waals surface area (Å²) in [4.78, 5) is 6.99. The minimum Gasteiger partial charge on any atom is -0.352 e. The van der Waals surface area contributed by atoms with E-state index in [1.807, 2.05) is 18.3 Å². The summed E-state index contributed by atoms with van der Waals surface area (Å²) < 4.78 is 2.39. The highest BCUT2D eigenvalue weighted by Gasteiger charge is 2.40. The van der Waals surface area contributed by atoms with Crippen molar-refractivity contribution in [2.24, 2.45) is 0 Å². The highest BCUT2D eigenvalue weighted by molar-refractivity contribution is 7.80. The topological polar surface area (TPSA) is 33.1 Å². The van der Waals surface area contributed by atoms with Crippen LogP contribution in [0, 0.1) is 27.7 Å². The van der Waals surface area contributed by atoms with Crippen LogP contribution in [0.4, 0.5) is 0 Å².